The zero-order valence-electron chi connectivity index (χ0n) is 14.8. The third kappa shape index (κ3) is 6.02. The van der Waals surface area contributed by atoms with Crippen LogP contribution in [0.4, 0.5) is 61.5 Å². The van der Waals surface area contributed by atoms with Crippen LogP contribution in [0.25, 0.3) is 0 Å². The summed E-state index contributed by atoms with van der Waals surface area (Å²) in [6.07, 6.45) is -13.8. The number of hydrogen-bond acceptors (Lipinski definition) is 4. The van der Waals surface area contributed by atoms with Gasteiger partial charge in [-0.2, -0.15) is 61.5 Å². The van der Waals surface area contributed by atoms with E-state index in [1.165, 1.54) is 0 Å². The van der Waals surface area contributed by atoms with Crippen molar-refractivity contribution in [3.63, 3.8) is 0 Å². The molecule has 0 bridgehead atoms. The fraction of sp³-hybridized carbons (Fsp3) is 0.571. The first kappa shape index (κ1) is 29.4. The van der Waals surface area contributed by atoms with Gasteiger partial charge in [-0.1, -0.05) is 0 Å². The minimum absolute atomic E-state index is 0.206. The highest BCUT2D eigenvalue weighted by Crippen LogP contribution is 2.48. The highest BCUT2D eigenvalue weighted by molar-refractivity contribution is 5.97. The minimum Gasteiger partial charge on any atom is -0.389 e. The van der Waals surface area contributed by atoms with Gasteiger partial charge in [0.05, 0.1) is 0 Å². The lowest BCUT2D eigenvalue weighted by atomic mass is 10.1. The molecule has 0 saturated heterocycles. The molecule has 0 aromatic carbocycles. The van der Waals surface area contributed by atoms with Crippen molar-refractivity contribution in [3.05, 3.63) is 24.6 Å². The van der Waals surface area contributed by atoms with Crippen LogP contribution in [0.3, 0.4) is 0 Å². The molecule has 18 heteroatoms. The van der Waals surface area contributed by atoms with E-state index in [1.807, 2.05) is 10.6 Å². The topological polar surface area (TPSA) is 58.2 Å². The van der Waals surface area contributed by atoms with E-state index < -0.39 is 60.7 Å². The normalized spacial score (nSPS) is 14.8. The van der Waals surface area contributed by atoms with Gasteiger partial charge in [-0.15, -0.1) is 0 Å². The van der Waals surface area contributed by atoms with Gasteiger partial charge in [0.15, 0.2) is 0 Å². The van der Waals surface area contributed by atoms with Gasteiger partial charge < -0.3 is 10.6 Å². The van der Waals surface area contributed by atoms with Crippen molar-refractivity contribution in [2.45, 2.75) is 36.0 Å². The van der Waals surface area contributed by atoms with E-state index in [2.05, 4.69) is 0 Å². The van der Waals surface area contributed by atoms with Crippen molar-refractivity contribution in [1.29, 1.82) is 0 Å². The summed E-state index contributed by atoms with van der Waals surface area (Å²) in [5.74, 6) is -31.5. The number of carbonyl (C=O) groups is 2. The molecule has 4 nitrogen and oxygen atoms in total. The highest BCUT2D eigenvalue weighted by atomic mass is 19.4. The zero-order valence-corrected chi connectivity index (χ0v) is 14.8. The van der Waals surface area contributed by atoms with Gasteiger partial charge in [0, 0.05) is 37.6 Å². The summed E-state index contributed by atoms with van der Waals surface area (Å²) in [5.41, 5.74) is 0. The predicted molar refractivity (Wildman–Crippen MR) is 76.2 cm³/mol. The standard InChI is InChI=1S/C14H10F14N2O2/c15-9(16,11(19,20)13(23,24)25)7(31)1-3-29-5-6-30-4-2-8(32)10(17,18)12(21,22)14(26,27)28/h1-4,29-30H,5-6H2/b3-1-,4-2-. The Kier molecular flexibility index (Phi) is 8.75. The maximum atomic E-state index is 13.0. The molecule has 0 aliphatic rings. The van der Waals surface area contributed by atoms with Gasteiger partial charge in [0.1, 0.15) is 0 Å². The fourth-order valence-electron chi connectivity index (χ4n) is 1.46. The molecule has 0 saturated carbocycles. The lowest BCUT2D eigenvalue weighted by Crippen LogP contribution is -2.55. The van der Waals surface area contributed by atoms with Gasteiger partial charge in [0.25, 0.3) is 0 Å². The van der Waals surface area contributed by atoms with Crippen molar-refractivity contribution >= 4 is 11.6 Å². The average molecular weight is 504 g/mol. The molecule has 0 aliphatic carbocycles. The molecule has 0 rings (SSSR count). The summed E-state index contributed by atoms with van der Waals surface area (Å²) in [6.45, 7) is -1.03. The number of alkyl halides is 14. The molecule has 0 radical (unpaired) electrons. The number of allylic oxidation sites excluding steroid dienone is 2. The van der Waals surface area contributed by atoms with E-state index in [-0.39, 0.29) is 24.6 Å². The van der Waals surface area contributed by atoms with Crippen LogP contribution in [0, 0.1) is 0 Å². The number of halogens is 14. The smallest absolute Gasteiger partial charge is 0.389 e. The summed E-state index contributed by atoms with van der Waals surface area (Å²) < 4.78 is 174. The van der Waals surface area contributed by atoms with Crippen LogP contribution in [-0.2, 0) is 9.59 Å². The Labute approximate surface area is 168 Å². The Hall–Kier alpha value is -2.56. The van der Waals surface area contributed by atoms with Crippen molar-refractivity contribution in [2.24, 2.45) is 0 Å². The third-order valence-electron chi connectivity index (χ3n) is 3.24. The monoisotopic (exact) mass is 504 g/mol. The second-order valence-electron chi connectivity index (χ2n) is 5.60. The first-order valence-electron chi connectivity index (χ1n) is 7.58. The maximum Gasteiger partial charge on any atom is 0.460 e. The molecule has 0 aromatic rings. The third-order valence-corrected chi connectivity index (χ3v) is 3.24. The number of hydrogen-bond donors (Lipinski definition) is 2. The first-order chi connectivity index (χ1) is 14.0. The molecule has 0 spiro atoms. The van der Waals surface area contributed by atoms with E-state index in [1.54, 1.807) is 0 Å². The van der Waals surface area contributed by atoms with Crippen LogP contribution in [0.5, 0.6) is 0 Å². The van der Waals surface area contributed by atoms with E-state index >= 15 is 0 Å². The van der Waals surface area contributed by atoms with Crippen LogP contribution < -0.4 is 10.6 Å². The van der Waals surface area contributed by atoms with E-state index in [0.29, 0.717) is 0 Å². The molecule has 0 heterocycles. The number of ketones is 2. The number of rotatable bonds is 11. The van der Waals surface area contributed by atoms with Gasteiger partial charge >= 0.3 is 36.0 Å². The van der Waals surface area contributed by atoms with E-state index in [0.717, 1.165) is 0 Å². The SMILES string of the molecule is O=C(/C=C\NCCN/C=C\C(=O)C(F)(F)C(F)(F)C(F)(F)F)C(F)(F)C(F)(F)C(F)(F)F. The van der Waals surface area contributed by atoms with E-state index in [9.17, 15) is 71.1 Å². The minimum atomic E-state index is -6.73. The molecular formula is C14H10F14N2O2. The van der Waals surface area contributed by atoms with Crippen molar-refractivity contribution < 1.29 is 71.1 Å². The quantitative estimate of drug-likeness (QED) is 0.254. The summed E-state index contributed by atoms with van der Waals surface area (Å²) in [7, 11) is 0. The van der Waals surface area contributed by atoms with Crippen LogP contribution in [0.2, 0.25) is 0 Å². The van der Waals surface area contributed by atoms with Gasteiger partial charge in [-0.05, 0) is 0 Å². The molecule has 0 aliphatic heterocycles. The molecule has 0 aromatic heterocycles. The summed E-state index contributed by atoms with van der Waals surface area (Å²) in [6, 6.07) is 0. The van der Waals surface area contributed by atoms with Crippen molar-refractivity contribution in [1.82, 2.24) is 10.6 Å². The molecule has 32 heavy (non-hydrogen) atoms. The zero-order chi connectivity index (χ0) is 25.8. The second-order valence-corrected chi connectivity index (χ2v) is 5.60. The molecular weight excluding hydrogens is 494 g/mol. The lowest BCUT2D eigenvalue weighted by Gasteiger charge is -2.26. The van der Waals surface area contributed by atoms with Gasteiger partial charge in [-0.3, -0.25) is 9.59 Å². The largest absolute Gasteiger partial charge is 0.460 e. The number of carbonyl (C=O) groups excluding carboxylic acids is 2. The Balaban J connectivity index is 4.69. The predicted octanol–water partition coefficient (Wildman–Crippen LogP) is 4.00. The molecule has 0 amide bonds. The Morgan fingerprint density at radius 1 is 0.531 bits per heavy atom. The van der Waals surface area contributed by atoms with Crippen LogP contribution in [0.15, 0.2) is 24.6 Å². The van der Waals surface area contributed by atoms with Gasteiger partial charge in [-0.25, -0.2) is 0 Å². The lowest BCUT2D eigenvalue weighted by molar-refractivity contribution is -0.342. The van der Waals surface area contributed by atoms with E-state index in [4.69, 9.17) is 0 Å². The molecule has 0 unspecified atom stereocenters. The highest BCUT2D eigenvalue weighted by Gasteiger charge is 2.76. The number of nitrogens with one attached hydrogen (secondary N) is 2. The molecule has 0 atom stereocenters. The second kappa shape index (κ2) is 9.51. The van der Waals surface area contributed by atoms with Crippen molar-refractivity contribution in [2.75, 3.05) is 13.1 Å². The van der Waals surface area contributed by atoms with Gasteiger partial charge in [0.2, 0.25) is 11.6 Å². The molecule has 2 N–H and O–H groups in total. The average Bonchev–Trinajstić information content (AvgIpc) is 2.60. The van der Waals surface area contributed by atoms with Crippen LogP contribution in [0.1, 0.15) is 0 Å². The van der Waals surface area contributed by atoms with Crippen molar-refractivity contribution in [3.8, 4) is 0 Å². The fourth-order valence-corrected chi connectivity index (χ4v) is 1.46. The Morgan fingerprint density at radius 2 is 0.781 bits per heavy atom. The Bertz CT molecular complexity index is 675. The molecule has 186 valence electrons. The maximum absolute atomic E-state index is 13.0. The van der Waals surface area contributed by atoms with Crippen LogP contribution in [-0.4, -0.2) is 60.7 Å². The Morgan fingerprint density at radius 3 is 1.00 bits per heavy atom. The summed E-state index contributed by atoms with van der Waals surface area (Å²) in [4.78, 5) is 21.8. The molecule has 0 fully saturated rings. The summed E-state index contributed by atoms with van der Waals surface area (Å²) >= 11 is 0. The summed E-state index contributed by atoms with van der Waals surface area (Å²) in [5, 5.41) is 3.76. The van der Waals surface area contributed by atoms with Crippen LogP contribution >= 0.6 is 0 Å². The first-order valence-corrected chi connectivity index (χ1v) is 7.58.